The SMILES string of the molecule is C#C[C@H]1CC2=C3CC4CC4C2=C3C1. The van der Waals surface area contributed by atoms with Gasteiger partial charge in [0.1, 0.15) is 0 Å². The summed E-state index contributed by atoms with van der Waals surface area (Å²) >= 11 is 0. The molecule has 0 nitrogen and oxygen atoms in total. The summed E-state index contributed by atoms with van der Waals surface area (Å²) in [6, 6.07) is 0. The molecule has 0 heteroatoms. The van der Waals surface area contributed by atoms with Crippen molar-refractivity contribution < 1.29 is 0 Å². The van der Waals surface area contributed by atoms with Crippen molar-refractivity contribution in [1.82, 2.24) is 0 Å². The fourth-order valence-electron chi connectivity index (χ4n) is 3.56. The molecule has 3 atom stereocenters. The van der Waals surface area contributed by atoms with Crippen LogP contribution < -0.4 is 0 Å². The Morgan fingerprint density at radius 1 is 1.08 bits per heavy atom. The molecule has 64 valence electrons. The van der Waals surface area contributed by atoms with Crippen molar-refractivity contribution in [3.8, 4) is 12.3 Å². The summed E-state index contributed by atoms with van der Waals surface area (Å²) in [5, 5.41) is 0. The zero-order valence-corrected chi connectivity index (χ0v) is 7.64. The average molecular weight is 168 g/mol. The highest BCUT2D eigenvalue weighted by Gasteiger charge is 2.53. The summed E-state index contributed by atoms with van der Waals surface area (Å²) in [5.74, 6) is 5.49. The van der Waals surface area contributed by atoms with Gasteiger partial charge in [0.15, 0.2) is 0 Å². The number of hydrogen-bond donors (Lipinski definition) is 0. The van der Waals surface area contributed by atoms with Gasteiger partial charge in [-0.3, -0.25) is 0 Å². The summed E-state index contributed by atoms with van der Waals surface area (Å²) in [6.45, 7) is 0. The van der Waals surface area contributed by atoms with Gasteiger partial charge in [-0.05, 0) is 59.8 Å². The van der Waals surface area contributed by atoms with Crippen molar-refractivity contribution in [2.45, 2.75) is 25.7 Å². The predicted octanol–water partition coefficient (Wildman–Crippen LogP) is 2.68. The summed E-state index contributed by atoms with van der Waals surface area (Å²) in [6.07, 6.45) is 10.8. The Labute approximate surface area is 78.7 Å². The Kier molecular flexibility index (Phi) is 0.886. The molecule has 0 heterocycles. The normalized spacial score (nSPS) is 43.8. The second-order valence-electron chi connectivity index (χ2n) is 4.93. The van der Waals surface area contributed by atoms with E-state index < -0.39 is 0 Å². The van der Waals surface area contributed by atoms with E-state index in [1.807, 2.05) is 0 Å². The van der Waals surface area contributed by atoms with Gasteiger partial charge in [0.25, 0.3) is 0 Å². The van der Waals surface area contributed by atoms with Crippen LogP contribution in [0, 0.1) is 30.1 Å². The fraction of sp³-hybridized carbons (Fsp3) is 0.538. The number of fused-ring (bicyclic) bond motifs is 3. The average Bonchev–Trinajstić information content (AvgIpc) is 2.96. The maximum Gasteiger partial charge on any atom is 0.0281 e. The van der Waals surface area contributed by atoms with E-state index in [9.17, 15) is 0 Å². The zero-order chi connectivity index (χ0) is 8.58. The summed E-state index contributed by atoms with van der Waals surface area (Å²) < 4.78 is 0. The van der Waals surface area contributed by atoms with E-state index in [1.54, 1.807) is 22.3 Å². The van der Waals surface area contributed by atoms with Gasteiger partial charge < -0.3 is 0 Å². The molecule has 0 saturated heterocycles. The standard InChI is InChI=1S/C13H12/c1-2-7-3-11-10-6-8-5-9(8)13(11)12(10)4-7/h1,7-9H,3-6H2. The number of hydrogen-bond acceptors (Lipinski definition) is 0. The number of allylic oxidation sites excluding steroid dienone is 4. The van der Waals surface area contributed by atoms with Crippen LogP contribution in [0.4, 0.5) is 0 Å². The van der Waals surface area contributed by atoms with Gasteiger partial charge in [0.05, 0.1) is 0 Å². The Morgan fingerprint density at radius 2 is 1.92 bits per heavy atom. The summed E-state index contributed by atoms with van der Waals surface area (Å²) in [5.41, 5.74) is 6.91. The fourth-order valence-corrected chi connectivity index (χ4v) is 3.56. The first kappa shape index (κ1) is 6.49. The molecule has 5 aliphatic rings. The number of rotatable bonds is 0. The van der Waals surface area contributed by atoms with E-state index >= 15 is 0 Å². The largest absolute Gasteiger partial charge is 0.120 e. The van der Waals surface area contributed by atoms with Crippen molar-refractivity contribution in [3.63, 3.8) is 0 Å². The van der Waals surface area contributed by atoms with Gasteiger partial charge in [-0.1, -0.05) is 0 Å². The lowest BCUT2D eigenvalue weighted by Crippen LogP contribution is -2.27. The van der Waals surface area contributed by atoms with E-state index in [1.165, 1.54) is 25.7 Å². The molecule has 5 aliphatic carbocycles. The highest BCUT2D eigenvalue weighted by atomic mass is 14.6. The molecule has 0 aliphatic heterocycles. The monoisotopic (exact) mass is 168 g/mol. The van der Waals surface area contributed by atoms with Crippen molar-refractivity contribution in [2.24, 2.45) is 17.8 Å². The van der Waals surface area contributed by atoms with Crippen molar-refractivity contribution in [2.75, 3.05) is 0 Å². The predicted molar refractivity (Wildman–Crippen MR) is 51.8 cm³/mol. The van der Waals surface area contributed by atoms with Crippen LogP contribution in [0.25, 0.3) is 0 Å². The molecule has 5 rings (SSSR count). The third kappa shape index (κ3) is 0.592. The third-order valence-electron chi connectivity index (χ3n) is 4.28. The molecule has 0 N–H and O–H groups in total. The van der Waals surface area contributed by atoms with E-state index in [2.05, 4.69) is 5.92 Å². The van der Waals surface area contributed by atoms with E-state index in [0.29, 0.717) is 5.92 Å². The maximum atomic E-state index is 5.49. The lowest BCUT2D eigenvalue weighted by molar-refractivity contribution is 0.534. The molecule has 0 aromatic carbocycles. The van der Waals surface area contributed by atoms with Crippen LogP contribution in [0.2, 0.25) is 0 Å². The first-order valence-corrected chi connectivity index (χ1v) is 5.30. The summed E-state index contributed by atoms with van der Waals surface area (Å²) in [7, 11) is 0. The lowest BCUT2D eigenvalue weighted by Gasteiger charge is -2.42. The van der Waals surface area contributed by atoms with Crippen LogP contribution in [-0.4, -0.2) is 0 Å². The second-order valence-corrected chi connectivity index (χ2v) is 4.93. The van der Waals surface area contributed by atoms with Crippen LogP contribution in [0.3, 0.4) is 0 Å². The minimum absolute atomic E-state index is 0.535. The molecule has 1 fully saturated rings. The Bertz CT molecular complexity index is 414. The first-order valence-electron chi connectivity index (χ1n) is 5.30. The topological polar surface area (TPSA) is 0 Å². The quantitative estimate of drug-likeness (QED) is 0.488. The van der Waals surface area contributed by atoms with Gasteiger partial charge in [0, 0.05) is 5.92 Å². The van der Waals surface area contributed by atoms with Gasteiger partial charge in [0.2, 0.25) is 0 Å². The molecule has 0 aromatic rings. The summed E-state index contributed by atoms with van der Waals surface area (Å²) in [4.78, 5) is 0. The Morgan fingerprint density at radius 3 is 2.54 bits per heavy atom. The second kappa shape index (κ2) is 1.77. The van der Waals surface area contributed by atoms with Gasteiger partial charge >= 0.3 is 0 Å². The van der Waals surface area contributed by atoms with E-state index in [-0.39, 0.29) is 0 Å². The third-order valence-corrected chi connectivity index (χ3v) is 4.28. The Hall–Kier alpha value is -0.960. The molecular formula is C13H12. The minimum atomic E-state index is 0.535. The molecule has 1 saturated carbocycles. The highest BCUT2D eigenvalue weighted by Crippen LogP contribution is 2.66. The van der Waals surface area contributed by atoms with Crippen LogP contribution in [0.15, 0.2) is 22.3 Å². The van der Waals surface area contributed by atoms with Crippen LogP contribution >= 0.6 is 0 Å². The molecule has 0 spiro atoms. The molecule has 0 amide bonds. The van der Waals surface area contributed by atoms with Crippen LogP contribution in [0.5, 0.6) is 0 Å². The Balaban J connectivity index is 1.81. The molecular weight excluding hydrogens is 156 g/mol. The van der Waals surface area contributed by atoms with Gasteiger partial charge in [-0.15, -0.1) is 12.3 Å². The molecule has 0 radical (unpaired) electrons. The van der Waals surface area contributed by atoms with Gasteiger partial charge in [-0.25, -0.2) is 0 Å². The smallest absolute Gasteiger partial charge is 0.0281 e. The van der Waals surface area contributed by atoms with Crippen LogP contribution in [-0.2, 0) is 0 Å². The van der Waals surface area contributed by atoms with Crippen molar-refractivity contribution >= 4 is 0 Å². The van der Waals surface area contributed by atoms with E-state index in [4.69, 9.17) is 6.42 Å². The zero-order valence-electron chi connectivity index (χ0n) is 7.64. The first-order chi connectivity index (χ1) is 6.38. The lowest BCUT2D eigenvalue weighted by atomic mass is 9.62. The minimum Gasteiger partial charge on any atom is -0.120 e. The molecule has 13 heavy (non-hydrogen) atoms. The number of terminal acetylenes is 1. The van der Waals surface area contributed by atoms with Crippen molar-refractivity contribution in [3.05, 3.63) is 22.3 Å². The molecule has 4 bridgehead atoms. The highest BCUT2D eigenvalue weighted by molar-refractivity contribution is 5.67. The maximum absolute atomic E-state index is 5.49. The van der Waals surface area contributed by atoms with E-state index in [0.717, 1.165) is 11.8 Å². The molecule has 0 aromatic heterocycles. The van der Waals surface area contributed by atoms with Crippen molar-refractivity contribution in [1.29, 1.82) is 0 Å². The van der Waals surface area contributed by atoms with Crippen LogP contribution in [0.1, 0.15) is 25.7 Å². The van der Waals surface area contributed by atoms with Gasteiger partial charge in [-0.2, -0.15) is 0 Å². The molecule has 2 unspecified atom stereocenters.